The van der Waals surface area contributed by atoms with Crippen molar-refractivity contribution in [2.75, 3.05) is 19.8 Å². The number of aliphatic hydroxyl groups is 1. The maximum Gasteiger partial charge on any atom is 0.162 e. The van der Waals surface area contributed by atoms with Gasteiger partial charge in [-0.25, -0.2) is 0 Å². The third-order valence-electron chi connectivity index (χ3n) is 3.74. The fraction of sp³-hybridized carbons (Fsp3) is 0.571. The first kappa shape index (κ1) is 12.3. The molecule has 4 heteroatoms. The lowest BCUT2D eigenvalue weighted by molar-refractivity contribution is 0.197. The summed E-state index contributed by atoms with van der Waals surface area (Å²) in [5, 5.41) is 8.91. The van der Waals surface area contributed by atoms with Gasteiger partial charge in [-0.05, 0) is 43.4 Å². The van der Waals surface area contributed by atoms with Gasteiger partial charge in [-0.1, -0.05) is 15.9 Å². The highest BCUT2D eigenvalue weighted by molar-refractivity contribution is 9.10. The molecule has 0 amide bonds. The number of aliphatic hydroxyl groups excluding tert-OH is 1. The zero-order valence-corrected chi connectivity index (χ0v) is 11.8. The Morgan fingerprint density at radius 1 is 1.17 bits per heavy atom. The van der Waals surface area contributed by atoms with Crippen LogP contribution in [0, 0.1) is 5.41 Å². The predicted molar refractivity (Wildman–Crippen MR) is 72.2 cm³/mol. The van der Waals surface area contributed by atoms with Crippen molar-refractivity contribution in [1.82, 2.24) is 0 Å². The second-order valence-corrected chi connectivity index (χ2v) is 6.15. The maximum absolute atomic E-state index is 8.91. The molecule has 1 spiro atoms. The van der Waals surface area contributed by atoms with Crippen LogP contribution in [-0.2, 0) is 6.42 Å². The van der Waals surface area contributed by atoms with Crippen LogP contribution in [0.4, 0.5) is 0 Å². The molecule has 0 atom stereocenters. The van der Waals surface area contributed by atoms with Crippen molar-refractivity contribution in [2.24, 2.45) is 5.41 Å². The summed E-state index contributed by atoms with van der Waals surface area (Å²) in [4.78, 5) is 0. The standard InChI is InChI=1S/C14H17BrO3/c15-11-7-13-12(6-10(11)2-1-5-16)17-8-14(3-4-14)9-18-13/h6-7,16H,1-5,8-9H2. The average Bonchev–Trinajstić information content (AvgIpc) is 3.16. The zero-order valence-electron chi connectivity index (χ0n) is 10.2. The lowest BCUT2D eigenvalue weighted by atomic mass is 10.1. The van der Waals surface area contributed by atoms with Gasteiger partial charge in [0.15, 0.2) is 11.5 Å². The molecular weight excluding hydrogens is 296 g/mol. The quantitative estimate of drug-likeness (QED) is 0.932. The van der Waals surface area contributed by atoms with Crippen molar-refractivity contribution >= 4 is 15.9 Å². The van der Waals surface area contributed by atoms with E-state index in [0.717, 1.165) is 47.6 Å². The Labute approximate surface area is 115 Å². The molecule has 1 fully saturated rings. The average molecular weight is 313 g/mol. The molecule has 1 saturated carbocycles. The molecule has 1 heterocycles. The number of hydrogen-bond acceptors (Lipinski definition) is 3. The van der Waals surface area contributed by atoms with Crippen LogP contribution in [0.5, 0.6) is 11.5 Å². The highest BCUT2D eigenvalue weighted by Crippen LogP contribution is 2.49. The van der Waals surface area contributed by atoms with Crippen molar-refractivity contribution in [3.8, 4) is 11.5 Å². The number of benzene rings is 1. The summed E-state index contributed by atoms with van der Waals surface area (Å²) in [6.07, 6.45) is 4.03. The first-order chi connectivity index (χ1) is 8.72. The van der Waals surface area contributed by atoms with Gasteiger partial charge in [0.25, 0.3) is 0 Å². The van der Waals surface area contributed by atoms with Crippen LogP contribution in [0.15, 0.2) is 16.6 Å². The van der Waals surface area contributed by atoms with Gasteiger partial charge in [-0.3, -0.25) is 0 Å². The predicted octanol–water partition coefficient (Wildman–Crippen LogP) is 2.93. The Morgan fingerprint density at radius 3 is 2.44 bits per heavy atom. The van der Waals surface area contributed by atoms with E-state index >= 15 is 0 Å². The number of ether oxygens (including phenoxy) is 2. The minimum atomic E-state index is 0.212. The lowest BCUT2D eigenvalue weighted by Crippen LogP contribution is -2.17. The van der Waals surface area contributed by atoms with E-state index in [2.05, 4.69) is 15.9 Å². The number of rotatable bonds is 3. The molecule has 1 aliphatic heterocycles. The molecule has 0 radical (unpaired) electrons. The molecule has 98 valence electrons. The molecule has 1 aliphatic carbocycles. The van der Waals surface area contributed by atoms with Gasteiger partial charge in [0.1, 0.15) is 0 Å². The van der Waals surface area contributed by atoms with Gasteiger partial charge >= 0.3 is 0 Å². The Bertz CT molecular complexity index is 455. The molecule has 3 nitrogen and oxygen atoms in total. The summed E-state index contributed by atoms with van der Waals surface area (Å²) < 4.78 is 12.8. The van der Waals surface area contributed by atoms with Crippen molar-refractivity contribution in [3.63, 3.8) is 0 Å². The van der Waals surface area contributed by atoms with Crippen LogP contribution in [0.3, 0.4) is 0 Å². The first-order valence-electron chi connectivity index (χ1n) is 6.41. The van der Waals surface area contributed by atoms with E-state index < -0.39 is 0 Å². The summed E-state index contributed by atoms with van der Waals surface area (Å²) in [6.45, 7) is 1.74. The molecule has 3 rings (SSSR count). The van der Waals surface area contributed by atoms with E-state index in [1.165, 1.54) is 12.8 Å². The van der Waals surface area contributed by atoms with Crippen molar-refractivity contribution in [3.05, 3.63) is 22.2 Å². The van der Waals surface area contributed by atoms with Gasteiger partial charge < -0.3 is 14.6 Å². The van der Waals surface area contributed by atoms with E-state index in [1.54, 1.807) is 0 Å². The number of halogens is 1. The molecule has 18 heavy (non-hydrogen) atoms. The molecule has 1 N–H and O–H groups in total. The Morgan fingerprint density at radius 2 is 1.83 bits per heavy atom. The Balaban J connectivity index is 1.83. The van der Waals surface area contributed by atoms with Crippen LogP contribution < -0.4 is 9.47 Å². The second-order valence-electron chi connectivity index (χ2n) is 5.29. The van der Waals surface area contributed by atoms with Gasteiger partial charge in [0.05, 0.1) is 13.2 Å². The monoisotopic (exact) mass is 312 g/mol. The van der Waals surface area contributed by atoms with Gasteiger partial charge in [-0.2, -0.15) is 0 Å². The summed E-state index contributed by atoms with van der Waals surface area (Å²) in [5.41, 5.74) is 1.44. The van der Waals surface area contributed by atoms with Crippen LogP contribution in [0.1, 0.15) is 24.8 Å². The maximum atomic E-state index is 8.91. The van der Waals surface area contributed by atoms with Gasteiger partial charge in [-0.15, -0.1) is 0 Å². The minimum Gasteiger partial charge on any atom is -0.489 e. The highest BCUT2D eigenvalue weighted by Gasteiger charge is 2.46. The highest BCUT2D eigenvalue weighted by atomic mass is 79.9. The van der Waals surface area contributed by atoms with Gasteiger partial charge in [0.2, 0.25) is 0 Å². The van der Waals surface area contributed by atoms with Crippen LogP contribution in [-0.4, -0.2) is 24.9 Å². The number of fused-ring (bicyclic) bond motifs is 1. The molecule has 1 aromatic rings. The van der Waals surface area contributed by atoms with Gasteiger partial charge in [0, 0.05) is 16.5 Å². The van der Waals surface area contributed by atoms with E-state index in [9.17, 15) is 0 Å². The Kier molecular flexibility index (Phi) is 3.24. The van der Waals surface area contributed by atoms with Crippen molar-refractivity contribution < 1.29 is 14.6 Å². The van der Waals surface area contributed by atoms with E-state index in [0.29, 0.717) is 0 Å². The summed E-state index contributed by atoms with van der Waals surface area (Å²) in [5.74, 6) is 1.67. The van der Waals surface area contributed by atoms with E-state index in [4.69, 9.17) is 14.6 Å². The molecule has 1 aromatic carbocycles. The van der Waals surface area contributed by atoms with Crippen molar-refractivity contribution in [2.45, 2.75) is 25.7 Å². The number of aryl methyl sites for hydroxylation is 1. The van der Waals surface area contributed by atoms with E-state index in [1.807, 2.05) is 12.1 Å². The fourth-order valence-corrected chi connectivity index (χ4v) is 2.75. The minimum absolute atomic E-state index is 0.212. The van der Waals surface area contributed by atoms with Crippen LogP contribution in [0.2, 0.25) is 0 Å². The van der Waals surface area contributed by atoms with E-state index in [-0.39, 0.29) is 12.0 Å². The summed E-state index contributed by atoms with van der Waals surface area (Å²) in [7, 11) is 0. The van der Waals surface area contributed by atoms with Crippen LogP contribution in [0.25, 0.3) is 0 Å². The lowest BCUT2D eigenvalue weighted by Gasteiger charge is -2.11. The van der Waals surface area contributed by atoms with Crippen molar-refractivity contribution in [1.29, 1.82) is 0 Å². The molecular formula is C14H17BrO3. The normalized spacial score (nSPS) is 19.7. The molecule has 0 bridgehead atoms. The number of hydrogen-bond donors (Lipinski definition) is 1. The Hall–Kier alpha value is -0.740. The first-order valence-corrected chi connectivity index (χ1v) is 7.21. The smallest absolute Gasteiger partial charge is 0.162 e. The largest absolute Gasteiger partial charge is 0.489 e. The third-order valence-corrected chi connectivity index (χ3v) is 4.48. The summed E-state index contributed by atoms with van der Waals surface area (Å²) in [6, 6.07) is 4.03. The third kappa shape index (κ3) is 2.36. The molecule has 0 saturated heterocycles. The SMILES string of the molecule is OCCCc1cc2c(cc1Br)OCC1(CC1)CO2. The van der Waals surface area contributed by atoms with Crippen LogP contribution >= 0.6 is 15.9 Å². The second kappa shape index (κ2) is 4.74. The molecule has 0 unspecified atom stereocenters. The zero-order chi connectivity index (χ0) is 12.6. The fourth-order valence-electron chi connectivity index (χ4n) is 2.23. The molecule has 2 aliphatic rings. The topological polar surface area (TPSA) is 38.7 Å². The summed E-state index contributed by atoms with van der Waals surface area (Å²) >= 11 is 3.56. The molecule has 0 aromatic heterocycles.